The molecular formula is C15H19N3O2. The van der Waals surface area contributed by atoms with E-state index in [9.17, 15) is 0 Å². The van der Waals surface area contributed by atoms with Gasteiger partial charge < -0.3 is 14.8 Å². The number of hydrogen-bond donors (Lipinski definition) is 1. The van der Waals surface area contributed by atoms with Crippen molar-refractivity contribution in [1.29, 1.82) is 0 Å². The van der Waals surface area contributed by atoms with E-state index in [2.05, 4.69) is 15.3 Å². The van der Waals surface area contributed by atoms with E-state index in [4.69, 9.17) is 9.47 Å². The molecule has 2 aromatic rings. The SMILES string of the molecule is CNc1ncnc(-c2cccc(OC(C)C)c2)c1OC. The smallest absolute Gasteiger partial charge is 0.187 e. The van der Waals surface area contributed by atoms with E-state index in [0.29, 0.717) is 11.6 Å². The topological polar surface area (TPSA) is 56.3 Å². The lowest BCUT2D eigenvalue weighted by Gasteiger charge is -2.13. The third-order valence-electron chi connectivity index (χ3n) is 2.72. The highest BCUT2D eigenvalue weighted by Crippen LogP contribution is 2.34. The summed E-state index contributed by atoms with van der Waals surface area (Å²) >= 11 is 0. The van der Waals surface area contributed by atoms with E-state index in [1.165, 1.54) is 6.33 Å². The largest absolute Gasteiger partial charge is 0.491 e. The van der Waals surface area contributed by atoms with E-state index in [-0.39, 0.29) is 6.10 Å². The molecule has 0 saturated carbocycles. The summed E-state index contributed by atoms with van der Waals surface area (Å²) in [6.45, 7) is 3.99. The fraction of sp³-hybridized carbons (Fsp3) is 0.333. The molecule has 0 aliphatic rings. The van der Waals surface area contributed by atoms with Gasteiger partial charge in [-0.1, -0.05) is 12.1 Å². The third kappa shape index (κ3) is 2.99. The Bertz CT molecular complexity index is 585. The Morgan fingerprint density at radius 3 is 2.65 bits per heavy atom. The zero-order chi connectivity index (χ0) is 14.5. The van der Waals surface area contributed by atoms with Gasteiger partial charge >= 0.3 is 0 Å². The molecule has 5 heteroatoms. The Morgan fingerprint density at radius 2 is 2.00 bits per heavy atom. The average Bonchev–Trinajstić information content (AvgIpc) is 2.45. The predicted octanol–water partition coefficient (Wildman–Crippen LogP) is 2.98. The first-order chi connectivity index (χ1) is 9.65. The molecule has 1 N–H and O–H groups in total. The number of rotatable bonds is 5. The Hall–Kier alpha value is -2.30. The van der Waals surface area contributed by atoms with Gasteiger partial charge in [0, 0.05) is 12.6 Å². The van der Waals surface area contributed by atoms with Crippen LogP contribution in [0.2, 0.25) is 0 Å². The Labute approximate surface area is 119 Å². The molecule has 0 amide bonds. The van der Waals surface area contributed by atoms with Crippen molar-refractivity contribution in [3.05, 3.63) is 30.6 Å². The van der Waals surface area contributed by atoms with E-state index < -0.39 is 0 Å². The van der Waals surface area contributed by atoms with Crippen LogP contribution in [-0.2, 0) is 0 Å². The summed E-state index contributed by atoms with van der Waals surface area (Å²) in [6, 6.07) is 7.78. The zero-order valence-electron chi connectivity index (χ0n) is 12.2. The predicted molar refractivity (Wildman–Crippen MR) is 79.3 cm³/mol. The minimum absolute atomic E-state index is 0.130. The standard InChI is InChI=1S/C15H19N3O2/c1-10(2)20-12-7-5-6-11(8-12)13-14(19-4)15(16-3)18-9-17-13/h5-10H,1-4H3,(H,16,17,18). The van der Waals surface area contributed by atoms with Crippen LogP contribution in [0.25, 0.3) is 11.3 Å². The molecule has 0 unspecified atom stereocenters. The Kier molecular flexibility index (Phi) is 4.40. The molecule has 0 fully saturated rings. The van der Waals surface area contributed by atoms with Crippen LogP contribution in [0.4, 0.5) is 5.82 Å². The van der Waals surface area contributed by atoms with Crippen LogP contribution in [0.1, 0.15) is 13.8 Å². The average molecular weight is 273 g/mol. The summed E-state index contributed by atoms with van der Waals surface area (Å²) in [7, 11) is 3.41. The number of aromatic nitrogens is 2. The van der Waals surface area contributed by atoms with Crippen LogP contribution in [0.5, 0.6) is 11.5 Å². The lowest BCUT2D eigenvalue weighted by atomic mass is 10.1. The normalized spacial score (nSPS) is 10.4. The molecule has 106 valence electrons. The van der Waals surface area contributed by atoms with Gasteiger partial charge in [0.15, 0.2) is 11.6 Å². The van der Waals surface area contributed by atoms with Crippen molar-refractivity contribution in [3.63, 3.8) is 0 Å². The van der Waals surface area contributed by atoms with Gasteiger partial charge in [0.1, 0.15) is 17.8 Å². The summed E-state index contributed by atoms with van der Waals surface area (Å²) < 4.78 is 11.1. The van der Waals surface area contributed by atoms with Gasteiger partial charge in [0.25, 0.3) is 0 Å². The quantitative estimate of drug-likeness (QED) is 0.907. The number of benzene rings is 1. The second kappa shape index (κ2) is 6.23. The van der Waals surface area contributed by atoms with Crippen molar-refractivity contribution >= 4 is 5.82 Å². The van der Waals surface area contributed by atoms with E-state index in [0.717, 1.165) is 17.0 Å². The molecule has 1 aromatic carbocycles. The highest BCUT2D eigenvalue weighted by atomic mass is 16.5. The fourth-order valence-corrected chi connectivity index (χ4v) is 1.94. The van der Waals surface area contributed by atoms with Gasteiger partial charge in [-0.2, -0.15) is 0 Å². The van der Waals surface area contributed by atoms with Gasteiger partial charge in [0.05, 0.1) is 13.2 Å². The first-order valence-electron chi connectivity index (χ1n) is 6.49. The second-order valence-corrected chi connectivity index (χ2v) is 4.55. The molecule has 0 aliphatic carbocycles. The van der Waals surface area contributed by atoms with E-state index in [1.807, 2.05) is 38.1 Å². The van der Waals surface area contributed by atoms with Crippen LogP contribution in [0, 0.1) is 0 Å². The Balaban J connectivity index is 2.46. The minimum Gasteiger partial charge on any atom is -0.491 e. The number of ether oxygens (including phenoxy) is 2. The molecule has 0 bridgehead atoms. The number of anilines is 1. The van der Waals surface area contributed by atoms with Crippen molar-refractivity contribution in [3.8, 4) is 22.8 Å². The highest BCUT2D eigenvalue weighted by molar-refractivity contribution is 5.73. The van der Waals surface area contributed by atoms with Crippen LogP contribution < -0.4 is 14.8 Å². The molecule has 0 spiro atoms. The van der Waals surface area contributed by atoms with E-state index >= 15 is 0 Å². The van der Waals surface area contributed by atoms with Crippen LogP contribution in [0.3, 0.4) is 0 Å². The fourth-order valence-electron chi connectivity index (χ4n) is 1.94. The van der Waals surface area contributed by atoms with Gasteiger partial charge in [-0.05, 0) is 26.0 Å². The number of nitrogens with zero attached hydrogens (tertiary/aromatic N) is 2. The molecular weight excluding hydrogens is 254 g/mol. The second-order valence-electron chi connectivity index (χ2n) is 4.55. The van der Waals surface area contributed by atoms with Gasteiger partial charge in [0.2, 0.25) is 0 Å². The summed E-state index contributed by atoms with van der Waals surface area (Å²) in [5.74, 6) is 2.09. The van der Waals surface area contributed by atoms with Gasteiger partial charge in [-0.15, -0.1) is 0 Å². The lowest BCUT2D eigenvalue weighted by molar-refractivity contribution is 0.242. The molecule has 20 heavy (non-hydrogen) atoms. The number of methoxy groups -OCH3 is 1. The van der Waals surface area contributed by atoms with Crippen molar-refractivity contribution < 1.29 is 9.47 Å². The Morgan fingerprint density at radius 1 is 1.20 bits per heavy atom. The molecule has 0 atom stereocenters. The maximum Gasteiger partial charge on any atom is 0.187 e. The number of hydrogen-bond acceptors (Lipinski definition) is 5. The molecule has 0 radical (unpaired) electrons. The van der Waals surface area contributed by atoms with Gasteiger partial charge in [-0.3, -0.25) is 0 Å². The lowest BCUT2D eigenvalue weighted by Crippen LogP contribution is -2.05. The summed E-state index contributed by atoms with van der Waals surface area (Å²) in [5, 5.41) is 3.00. The van der Waals surface area contributed by atoms with Crippen molar-refractivity contribution in [2.75, 3.05) is 19.5 Å². The highest BCUT2D eigenvalue weighted by Gasteiger charge is 2.13. The molecule has 2 rings (SSSR count). The monoisotopic (exact) mass is 273 g/mol. The van der Waals surface area contributed by atoms with Crippen molar-refractivity contribution in [2.45, 2.75) is 20.0 Å². The van der Waals surface area contributed by atoms with Crippen LogP contribution in [0.15, 0.2) is 30.6 Å². The first-order valence-corrected chi connectivity index (χ1v) is 6.49. The third-order valence-corrected chi connectivity index (χ3v) is 2.72. The maximum absolute atomic E-state index is 5.71. The van der Waals surface area contributed by atoms with Gasteiger partial charge in [-0.25, -0.2) is 9.97 Å². The summed E-state index contributed by atoms with van der Waals surface area (Å²) in [4.78, 5) is 8.46. The van der Waals surface area contributed by atoms with Crippen molar-refractivity contribution in [2.24, 2.45) is 0 Å². The van der Waals surface area contributed by atoms with E-state index in [1.54, 1.807) is 14.2 Å². The molecule has 0 aliphatic heterocycles. The molecule has 1 heterocycles. The number of nitrogens with one attached hydrogen (secondary N) is 1. The summed E-state index contributed by atoms with van der Waals surface area (Å²) in [5.41, 5.74) is 1.67. The molecule has 0 saturated heterocycles. The maximum atomic E-state index is 5.71. The van der Waals surface area contributed by atoms with Crippen molar-refractivity contribution in [1.82, 2.24) is 9.97 Å². The van der Waals surface area contributed by atoms with Crippen LogP contribution >= 0.6 is 0 Å². The first kappa shape index (κ1) is 14.1. The molecule has 5 nitrogen and oxygen atoms in total. The van der Waals surface area contributed by atoms with Crippen LogP contribution in [-0.4, -0.2) is 30.2 Å². The zero-order valence-corrected chi connectivity index (χ0v) is 12.2. The molecule has 1 aromatic heterocycles. The minimum atomic E-state index is 0.130. The summed E-state index contributed by atoms with van der Waals surface area (Å²) in [6.07, 6.45) is 1.64.